The Balaban J connectivity index is 1.47. The highest BCUT2D eigenvalue weighted by molar-refractivity contribution is 7.83. The van der Waals surface area contributed by atoms with Gasteiger partial charge in [0.05, 0.1) is 27.0 Å². The van der Waals surface area contributed by atoms with Crippen molar-refractivity contribution in [1.82, 2.24) is 14.7 Å². The Morgan fingerprint density at radius 1 is 1.31 bits per heavy atom. The highest BCUT2D eigenvalue weighted by Gasteiger charge is 2.35. The molecule has 0 bridgehead atoms. The topological polar surface area (TPSA) is 171 Å². The molecule has 0 aromatic carbocycles. The average molecular weight is 546 g/mol. The number of nitrogens with zero attached hydrogens (tertiary/aromatic N) is 2. The van der Waals surface area contributed by atoms with Crippen LogP contribution in [0.1, 0.15) is 52.6 Å². The molecule has 2 aliphatic rings. The van der Waals surface area contributed by atoms with E-state index in [4.69, 9.17) is 20.9 Å². The molecule has 1 saturated heterocycles. The number of halogens is 1. The number of hydrogen-bond acceptors (Lipinski definition) is 10. The number of aliphatic hydroxyl groups excluding tert-OH is 2. The van der Waals surface area contributed by atoms with Crippen LogP contribution < -0.4 is 10.0 Å². The van der Waals surface area contributed by atoms with Crippen molar-refractivity contribution in [3.63, 3.8) is 0 Å². The third-order valence-electron chi connectivity index (χ3n) is 6.27. The Morgan fingerprint density at radius 2 is 2.06 bits per heavy atom. The Labute approximate surface area is 211 Å². The Kier molecular flexibility index (Phi) is 8.38. The summed E-state index contributed by atoms with van der Waals surface area (Å²) in [6.07, 6.45) is 3.06. The van der Waals surface area contributed by atoms with E-state index in [9.17, 15) is 23.4 Å². The fourth-order valence-corrected chi connectivity index (χ4v) is 6.08. The Morgan fingerprint density at radius 3 is 2.77 bits per heavy atom. The van der Waals surface area contributed by atoms with Gasteiger partial charge in [0.15, 0.2) is 0 Å². The van der Waals surface area contributed by atoms with Crippen molar-refractivity contribution in [2.45, 2.75) is 43.9 Å². The lowest BCUT2D eigenvalue weighted by molar-refractivity contribution is 0.00736. The van der Waals surface area contributed by atoms with Gasteiger partial charge in [-0.2, -0.15) is 13.1 Å². The first-order valence-electron chi connectivity index (χ1n) is 11.0. The summed E-state index contributed by atoms with van der Waals surface area (Å²) in [5.41, 5.74) is 0.720. The van der Waals surface area contributed by atoms with Crippen LogP contribution in [0.15, 0.2) is 18.6 Å². The predicted molar refractivity (Wildman–Crippen MR) is 128 cm³/mol. The highest BCUT2D eigenvalue weighted by atomic mass is 35.5. The summed E-state index contributed by atoms with van der Waals surface area (Å²) in [7, 11) is -4.41. The van der Waals surface area contributed by atoms with Crippen LogP contribution in [-0.4, -0.2) is 64.3 Å². The van der Waals surface area contributed by atoms with Gasteiger partial charge in [-0.15, -0.1) is 11.3 Å². The molecule has 2 aromatic heterocycles. The number of carbonyl (C=O) groups is 1. The van der Waals surface area contributed by atoms with Gasteiger partial charge in [-0.25, -0.2) is 9.97 Å². The van der Waals surface area contributed by atoms with Gasteiger partial charge in [-0.3, -0.25) is 9.35 Å². The second kappa shape index (κ2) is 11.1. The van der Waals surface area contributed by atoms with Crippen LogP contribution in [0.2, 0.25) is 4.34 Å². The normalized spacial score (nSPS) is 24.4. The van der Waals surface area contributed by atoms with E-state index >= 15 is 0 Å². The van der Waals surface area contributed by atoms with Crippen LogP contribution >= 0.6 is 22.9 Å². The fraction of sp³-hybridized carbons (Fsp3) is 0.524. The minimum atomic E-state index is -4.41. The summed E-state index contributed by atoms with van der Waals surface area (Å²) in [4.78, 5) is 21.8. The number of aromatic nitrogens is 2. The molecule has 35 heavy (non-hydrogen) atoms. The van der Waals surface area contributed by atoms with Crippen molar-refractivity contribution in [2.24, 2.45) is 11.8 Å². The smallest absolute Gasteiger partial charge is 0.333 e. The summed E-state index contributed by atoms with van der Waals surface area (Å²) in [5, 5.41) is 24.2. The van der Waals surface area contributed by atoms with E-state index in [1.54, 1.807) is 6.07 Å². The molecule has 1 radical (unpaired) electrons. The lowest BCUT2D eigenvalue weighted by Crippen LogP contribution is -2.27. The molecule has 0 spiro atoms. The summed E-state index contributed by atoms with van der Waals surface area (Å²) in [6.45, 7) is 2.28. The summed E-state index contributed by atoms with van der Waals surface area (Å²) >= 11 is 7.47. The zero-order valence-electron chi connectivity index (χ0n) is 18.5. The van der Waals surface area contributed by atoms with Crippen molar-refractivity contribution >= 4 is 44.8 Å². The lowest BCUT2D eigenvalue weighted by Gasteiger charge is -2.26. The molecule has 5 N–H and O–H groups in total. The summed E-state index contributed by atoms with van der Waals surface area (Å²) in [5.74, 6) is -0.632. The van der Waals surface area contributed by atoms with Gasteiger partial charge in [-0.1, -0.05) is 11.6 Å². The highest BCUT2D eigenvalue weighted by Crippen LogP contribution is 2.39. The monoisotopic (exact) mass is 545 g/mol. The second-order valence-electron chi connectivity index (χ2n) is 8.65. The maximum absolute atomic E-state index is 13.3. The largest absolute Gasteiger partial charge is 0.393 e. The first kappa shape index (κ1) is 26.4. The van der Waals surface area contributed by atoms with E-state index in [2.05, 4.69) is 15.3 Å². The van der Waals surface area contributed by atoms with Gasteiger partial charge in [-0.05, 0) is 37.7 Å². The molecular formula is C21H26ClN4O7S2. The number of hydrogen-bond donors (Lipinski definition) is 5. The maximum atomic E-state index is 13.3. The number of ether oxygens (including phenoxy) is 1. The quantitative estimate of drug-likeness (QED) is 0.232. The molecule has 3 heterocycles. The molecule has 191 valence electrons. The van der Waals surface area contributed by atoms with Crippen molar-refractivity contribution in [2.75, 3.05) is 18.5 Å². The first-order chi connectivity index (χ1) is 16.6. The van der Waals surface area contributed by atoms with E-state index in [0.29, 0.717) is 47.3 Å². The molecule has 2 aromatic rings. The van der Waals surface area contributed by atoms with Gasteiger partial charge in [0.2, 0.25) is 5.78 Å². The molecule has 1 aliphatic heterocycles. The third-order valence-corrected chi connectivity index (χ3v) is 8.10. The summed E-state index contributed by atoms with van der Waals surface area (Å²) < 4.78 is 38.2. The summed E-state index contributed by atoms with van der Waals surface area (Å²) in [6, 6.07) is 1.30. The van der Waals surface area contributed by atoms with Crippen LogP contribution in [-0.2, 0) is 15.0 Å². The van der Waals surface area contributed by atoms with Gasteiger partial charge >= 0.3 is 10.3 Å². The molecule has 4 atom stereocenters. The minimum Gasteiger partial charge on any atom is -0.393 e. The zero-order valence-corrected chi connectivity index (χ0v) is 20.9. The van der Waals surface area contributed by atoms with Gasteiger partial charge in [0, 0.05) is 43.5 Å². The lowest BCUT2D eigenvalue weighted by atomic mass is 9.90. The van der Waals surface area contributed by atoms with E-state index in [-0.39, 0.29) is 35.5 Å². The molecular weight excluding hydrogens is 520 g/mol. The van der Waals surface area contributed by atoms with E-state index in [1.807, 2.05) is 4.72 Å². The van der Waals surface area contributed by atoms with Crippen LogP contribution in [0.3, 0.4) is 0 Å². The third kappa shape index (κ3) is 6.54. The maximum Gasteiger partial charge on any atom is 0.333 e. The standard InChI is InChI=1S/C21H26ClN4O7S2/c22-20-14(18(28)11-1-3-33-4-2-11)7-17(34-20)19(29)15-9-23-10-24-21(15)26-13-5-12(16(27)6-13)8-25-35(30,31)32/h7-13,16,18,25,27-28H,1-6H2,(H,23,24,26)(H,30,31,32)/t12-,13-,16+,18-/m1/s1. The number of nitrogens with one attached hydrogen (secondary N) is 2. The van der Waals surface area contributed by atoms with Crippen molar-refractivity contribution in [3.8, 4) is 0 Å². The number of ketones is 1. The molecule has 0 unspecified atom stereocenters. The molecule has 0 amide bonds. The van der Waals surface area contributed by atoms with Crippen LogP contribution in [0.25, 0.3) is 0 Å². The molecule has 1 aliphatic carbocycles. The minimum absolute atomic E-state index is 0.00458. The second-order valence-corrected chi connectivity index (χ2v) is 11.5. The average Bonchev–Trinajstić information content (AvgIpc) is 3.39. The fourth-order valence-electron chi connectivity index (χ4n) is 4.44. The van der Waals surface area contributed by atoms with E-state index in [0.717, 1.165) is 17.9 Å². The number of anilines is 1. The molecule has 11 nitrogen and oxygen atoms in total. The molecule has 1 saturated carbocycles. The Bertz CT molecular complexity index is 1160. The van der Waals surface area contributed by atoms with Crippen LogP contribution in [0.5, 0.6) is 0 Å². The van der Waals surface area contributed by atoms with E-state index < -0.39 is 28.4 Å². The SMILES string of the molecule is O=C(c1cc([C@H](O)C2CCOCC2)c(Cl)s1)c1cncnc1N[C@H]1C[C@H](O)[C@@H]([CH]NS(=O)(=O)O)C1. The number of carbonyl (C=O) groups excluding carboxylic acids is 1. The van der Waals surface area contributed by atoms with Crippen molar-refractivity contribution < 1.29 is 32.7 Å². The number of aliphatic hydroxyl groups is 2. The first-order valence-corrected chi connectivity index (χ1v) is 13.7. The van der Waals surface area contributed by atoms with Crippen LogP contribution in [0.4, 0.5) is 5.82 Å². The van der Waals surface area contributed by atoms with Gasteiger partial charge in [0.1, 0.15) is 12.1 Å². The molecule has 14 heteroatoms. The molecule has 2 fully saturated rings. The van der Waals surface area contributed by atoms with E-state index in [1.165, 1.54) is 12.5 Å². The molecule has 4 rings (SSSR count). The number of rotatable bonds is 9. The predicted octanol–water partition coefficient (Wildman–Crippen LogP) is 1.99. The zero-order chi connectivity index (χ0) is 25.2. The number of thiophene rings is 1. The van der Waals surface area contributed by atoms with Crippen molar-refractivity contribution in [1.29, 1.82) is 0 Å². The van der Waals surface area contributed by atoms with Crippen LogP contribution in [0, 0.1) is 18.4 Å². The van der Waals surface area contributed by atoms with Crippen molar-refractivity contribution in [3.05, 3.63) is 45.5 Å². The Hall–Kier alpha value is -1.71. The van der Waals surface area contributed by atoms with Gasteiger partial charge < -0.3 is 20.3 Å². The van der Waals surface area contributed by atoms with Gasteiger partial charge in [0.25, 0.3) is 0 Å².